The molecule has 17 heavy (non-hydrogen) atoms. The van der Waals surface area contributed by atoms with Crippen molar-refractivity contribution in [2.45, 2.75) is 55.6 Å². The molecule has 1 heterocycles. The molecule has 4 heteroatoms. The van der Waals surface area contributed by atoms with Gasteiger partial charge in [-0.1, -0.05) is 6.42 Å². The standard InChI is InChI=1S/C13H22ClNOS/c1-13(6-3-7-17-13)12(16)15-9-10-4-2-5-11(14)8-10/h10-11H,2-9H2,1H3,(H,15,16). The molecule has 1 amide bonds. The second-order valence-electron chi connectivity index (χ2n) is 5.52. The Labute approximate surface area is 113 Å². The molecule has 1 N–H and O–H groups in total. The minimum absolute atomic E-state index is 0.172. The molecule has 2 nitrogen and oxygen atoms in total. The van der Waals surface area contributed by atoms with Gasteiger partial charge in [-0.25, -0.2) is 0 Å². The topological polar surface area (TPSA) is 29.1 Å². The van der Waals surface area contributed by atoms with Crippen LogP contribution in [0.15, 0.2) is 0 Å². The van der Waals surface area contributed by atoms with Crippen LogP contribution in [0.3, 0.4) is 0 Å². The smallest absolute Gasteiger partial charge is 0.235 e. The average Bonchev–Trinajstić information content (AvgIpc) is 2.74. The molecular formula is C13H22ClNOS. The maximum atomic E-state index is 12.1. The van der Waals surface area contributed by atoms with Gasteiger partial charge in [-0.2, -0.15) is 0 Å². The monoisotopic (exact) mass is 275 g/mol. The maximum absolute atomic E-state index is 12.1. The van der Waals surface area contributed by atoms with Crippen molar-refractivity contribution in [3.05, 3.63) is 0 Å². The van der Waals surface area contributed by atoms with Gasteiger partial charge in [-0.3, -0.25) is 4.79 Å². The lowest BCUT2D eigenvalue weighted by Crippen LogP contribution is -2.43. The third kappa shape index (κ3) is 3.54. The van der Waals surface area contributed by atoms with Crippen LogP contribution in [0.25, 0.3) is 0 Å². The lowest BCUT2D eigenvalue weighted by atomic mass is 9.88. The van der Waals surface area contributed by atoms with E-state index >= 15 is 0 Å². The van der Waals surface area contributed by atoms with Crippen molar-refractivity contribution in [1.29, 1.82) is 0 Å². The summed E-state index contributed by atoms with van der Waals surface area (Å²) < 4.78 is -0.172. The van der Waals surface area contributed by atoms with Crippen molar-refractivity contribution in [3.63, 3.8) is 0 Å². The first kappa shape index (κ1) is 13.5. The lowest BCUT2D eigenvalue weighted by molar-refractivity contribution is -0.123. The largest absolute Gasteiger partial charge is 0.355 e. The molecule has 2 fully saturated rings. The van der Waals surface area contributed by atoms with E-state index in [2.05, 4.69) is 12.2 Å². The summed E-state index contributed by atoms with van der Waals surface area (Å²) in [6, 6.07) is 0. The zero-order chi connectivity index (χ0) is 12.3. The van der Waals surface area contributed by atoms with Gasteiger partial charge in [-0.05, 0) is 50.7 Å². The fraction of sp³-hybridized carbons (Fsp3) is 0.923. The Bertz CT molecular complexity index is 279. The summed E-state index contributed by atoms with van der Waals surface area (Å²) >= 11 is 7.97. The molecule has 0 aromatic carbocycles. The van der Waals surface area contributed by atoms with E-state index in [1.807, 2.05) is 0 Å². The summed E-state index contributed by atoms with van der Waals surface area (Å²) in [6.45, 7) is 2.89. The fourth-order valence-electron chi connectivity index (χ4n) is 2.79. The van der Waals surface area contributed by atoms with E-state index < -0.39 is 0 Å². The number of carbonyl (C=O) groups is 1. The highest BCUT2D eigenvalue weighted by Crippen LogP contribution is 2.38. The molecule has 98 valence electrons. The minimum atomic E-state index is -0.172. The lowest BCUT2D eigenvalue weighted by Gasteiger charge is -2.28. The molecule has 1 aliphatic carbocycles. The van der Waals surface area contributed by atoms with Crippen LogP contribution in [-0.2, 0) is 4.79 Å². The molecule has 0 aromatic heterocycles. The summed E-state index contributed by atoms with van der Waals surface area (Å²) in [5, 5.41) is 3.46. The quantitative estimate of drug-likeness (QED) is 0.802. The number of thioether (sulfide) groups is 1. The summed E-state index contributed by atoms with van der Waals surface area (Å²) in [6.07, 6.45) is 6.81. The van der Waals surface area contributed by atoms with Crippen LogP contribution in [-0.4, -0.2) is 28.3 Å². The second kappa shape index (κ2) is 5.83. The predicted molar refractivity (Wildman–Crippen MR) is 74.7 cm³/mol. The first-order chi connectivity index (χ1) is 8.10. The number of hydrogen-bond donors (Lipinski definition) is 1. The number of alkyl halides is 1. The molecule has 1 saturated heterocycles. The van der Waals surface area contributed by atoms with Crippen LogP contribution in [0.1, 0.15) is 45.4 Å². The summed E-state index contributed by atoms with van der Waals surface area (Å²) in [5.74, 6) is 1.94. The molecule has 3 unspecified atom stereocenters. The highest BCUT2D eigenvalue weighted by Gasteiger charge is 2.37. The Kier molecular flexibility index (Phi) is 4.65. The van der Waals surface area contributed by atoms with Crippen LogP contribution in [0.2, 0.25) is 0 Å². The van der Waals surface area contributed by atoms with Gasteiger partial charge in [0.1, 0.15) is 0 Å². The van der Waals surface area contributed by atoms with Crippen LogP contribution in [0.4, 0.5) is 0 Å². The van der Waals surface area contributed by atoms with Crippen molar-refractivity contribution in [3.8, 4) is 0 Å². The van der Waals surface area contributed by atoms with Crippen molar-refractivity contribution in [2.75, 3.05) is 12.3 Å². The Hall–Kier alpha value is 0.110. The summed E-state index contributed by atoms with van der Waals surface area (Å²) in [5.41, 5.74) is 0. The van der Waals surface area contributed by atoms with Gasteiger partial charge in [-0.15, -0.1) is 23.4 Å². The summed E-state index contributed by atoms with van der Waals surface area (Å²) in [4.78, 5) is 12.1. The fourth-order valence-corrected chi connectivity index (χ4v) is 4.43. The van der Waals surface area contributed by atoms with E-state index in [0.717, 1.165) is 31.6 Å². The van der Waals surface area contributed by atoms with Crippen molar-refractivity contribution < 1.29 is 4.79 Å². The van der Waals surface area contributed by atoms with Crippen LogP contribution < -0.4 is 5.32 Å². The number of amides is 1. The molecule has 0 spiro atoms. The van der Waals surface area contributed by atoms with Crippen LogP contribution in [0, 0.1) is 5.92 Å². The molecule has 3 atom stereocenters. The number of halogens is 1. The van der Waals surface area contributed by atoms with Gasteiger partial charge in [0.2, 0.25) is 5.91 Å². The highest BCUT2D eigenvalue weighted by atomic mass is 35.5. The normalized spacial score (nSPS) is 38.0. The first-order valence-electron chi connectivity index (χ1n) is 6.66. The van der Waals surface area contributed by atoms with E-state index in [4.69, 9.17) is 11.6 Å². The van der Waals surface area contributed by atoms with Gasteiger partial charge >= 0.3 is 0 Å². The maximum Gasteiger partial charge on any atom is 0.235 e. The van der Waals surface area contributed by atoms with E-state index in [-0.39, 0.29) is 10.7 Å². The molecule has 1 saturated carbocycles. The molecule has 0 radical (unpaired) electrons. The average molecular weight is 276 g/mol. The van der Waals surface area contributed by atoms with Gasteiger partial charge in [0.05, 0.1) is 4.75 Å². The predicted octanol–water partition coefficient (Wildman–Crippen LogP) is 3.19. The molecule has 2 aliphatic rings. The van der Waals surface area contributed by atoms with E-state index in [1.54, 1.807) is 11.8 Å². The Balaban J connectivity index is 1.75. The molecule has 0 bridgehead atoms. The van der Waals surface area contributed by atoms with Crippen molar-refractivity contribution in [2.24, 2.45) is 5.92 Å². The summed E-state index contributed by atoms with van der Waals surface area (Å²) in [7, 11) is 0. The molecule has 0 aromatic rings. The first-order valence-corrected chi connectivity index (χ1v) is 8.09. The van der Waals surface area contributed by atoms with Crippen LogP contribution >= 0.6 is 23.4 Å². The SMILES string of the molecule is CC1(C(=O)NCC2CCCC(Cl)C2)CCCS1. The van der Waals surface area contributed by atoms with E-state index in [0.29, 0.717) is 11.3 Å². The van der Waals surface area contributed by atoms with E-state index in [9.17, 15) is 4.79 Å². The Morgan fingerprint density at radius 3 is 2.94 bits per heavy atom. The number of rotatable bonds is 3. The van der Waals surface area contributed by atoms with E-state index in [1.165, 1.54) is 19.3 Å². The third-order valence-electron chi connectivity index (χ3n) is 3.97. The van der Waals surface area contributed by atoms with Gasteiger partial charge < -0.3 is 5.32 Å². The number of nitrogens with one attached hydrogen (secondary N) is 1. The van der Waals surface area contributed by atoms with Crippen molar-refractivity contribution in [1.82, 2.24) is 5.32 Å². The third-order valence-corrected chi connectivity index (χ3v) is 5.89. The van der Waals surface area contributed by atoms with Crippen LogP contribution in [0.5, 0.6) is 0 Å². The highest BCUT2D eigenvalue weighted by molar-refractivity contribution is 8.01. The van der Waals surface area contributed by atoms with Gasteiger partial charge in [0.25, 0.3) is 0 Å². The zero-order valence-corrected chi connectivity index (χ0v) is 12.1. The number of carbonyl (C=O) groups excluding carboxylic acids is 1. The molecular weight excluding hydrogens is 254 g/mol. The zero-order valence-electron chi connectivity index (χ0n) is 10.5. The Morgan fingerprint density at radius 1 is 1.47 bits per heavy atom. The Morgan fingerprint density at radius 2 is 2.29 bits per heavy atom. The van der Waals surface area contributed by atoms with Gasteiger partial charge in [0.15, 0.2) is 0 Å². The van der Waals surface area contributed by atoms with Gasteiger partial charge in [0, 0.05) is 11.9 Å². The molecule has 1 aliphatic heterocycles. The molecule has 2 rings (SSSR count). The van der Waals surface area contributed by atoms with Crippen molar-refractivity contribution >= 4 is 29.3 Å². The second-order valence-corrected chi connectivity index (χ2v) is 7.74. The number of hydrogen-bond acceptors (Lipinski definition) is 2. The minimum Gasteiger partial charge on any atom is -0.355 e.